The van der Waals surface area contributed by atoms with Crippen molar-refractivity contribution in [2.45, 2.75) is 43.5 Å². The molecule has 0 radical (unpaired) electrons. The van der Waals surface area contributed by atoms with Gasteiger partial charge in [-0.2, -0.15) is 0 Å². The minimum atomic E-state index is -3.62. The van der Waals surface area contributed by atoms with Gasteiger partial charge in [-0.3, -0.25) is 9.59 Å². The van der Waals surface area contributed by atoms with Gasteiger partial charge in [-0.25, -0.2) is 8.42 Å². The Balaban J connectivity index is 1.87. The molecule has 1 aromatic carbocycles. The quantitative estimate of drug-likeness (QED) is 0.881. The van der Waals surface area contributed by atoms with Gasteiger partial charge in [-0.05, 0) is 49.9 Å². The van der Waals surface area contributed by atoms with E-state index in [0.717, 1.165) is 24.1 Å². The lowest BCUT2D eigenvalue weighted by atomic mass is 10.1. The second-order valence-electron chi connectivity index (χ2n) is 6.29. The number of hydrogen-bond acceptors (Lipinski definition) is 4. The average Bonchev–Trinajstić information content (AvgIpc) is 3.27. The standard InChI is InChI=1S/C16H19NO5S/c1-10-8-12-9-13(23(21,22)7-6-15(18)19)4-5-14(12)17(10)16(20)11-2-3-11/h4-5,9-11H,2-3,6-8H2,1H3,(H,18,19). The molecule has 0 saturated heterocycles. The summed E-state index contributed by atoms with van der Waals surface area (Å²) in [6, 6.07) is 4.76. The Morgan fingerprint density at radius 1 is 1.30 bits per heavy atom. The summed E-state index contributed by atoms with van der Waals surface area (Å²) < 4.78 is 24.4. The number of carboxylic acids is 1. The van der Waals surface area contributed by atoms with E-state index in [-0.39, 0.29) is 22.8 Å². The number of hydrogen-bond donors (Lipinski definition) is 1. The minimum Gasteiger partial charge on any atom is -0.481 e. The molecular weight excluding hydrogens is 318 g/mol. The summed E-state index contributed by atoms with van der Waals surface area (Å²) >= 11 is 0. The molecule has 1 saturated carbocycles. The molecule has 1 atom stereocenters. The van der Waals surface area contributed by atoms with Crippen LogP contribution in [0.1, 0.15) is 31.7 Å². The number of carboxylic acid groups (broad SMARTS) is 1. The van der Waals surface area contributed by atoms with Crippen LogP contribution < -0.4 is 4.90 Å². The number of carbonyl (C=O) groups is 2. The third-order valence-electron chi connectivity index (χ3n) is 4.37. The monoisotopic (exact) mass is 337 g/mol. The molecule has 1 amide bonds. The van der Waals surface area contributed by atoms with Crippen LogP contribution in [0, 0.1) is 5.92 Å². The largest absolute Gasteiger partial charge is 0.481 e. The highest BCUT2D eigenvalue weighted by Crippen LogP contribution is 2.39. The third kappa shape index (κ3) is 3.10. The van der Waals surface area contributed by atoms with E-state index in [4.69, 9.17) is 5.11 Å². The van der Waals surface area contributed by atoms with Gasteiger partial charge in [0.25, 0.3) is 0 Å². The summed E-state index contributed by atoms with van der Waals surface area (Å²) in [5, 5.41) is 8.66. The molecule has 7 heteroatoms. The normalized spacial score (nSPS) is 20.4. The zero-order valence-corrected chi connectivity index (χ0v) is 13.7. The van der Waals surface area contributed by atoms with Crippen molar-refractivity contribution in [2.24, 2.45) is 5.92 Å². The molecule has 1 aliphatic heterocycles. The highest BCUT2D eigenvalue weighted by atomic mass is 32.2. The lowest BCUT2D eigenvalue weighted by molar-refractivity contribution is -0.136. The van der Waals surface area contributed by atoms with Crippen LogP contribution in [0.15, 0.2) is 23.1 Å². The Morgan fingerprint density at radius 3 is 2.61 bits per heavy atom. The molecule has 3 rings (SSSR count). The van der Waals surface area contributed by atoms with Gasteiger partial charge in [0.15, 0.2) is 9.84 Å². The van der Waals surface area contributed by atoms with Crippen molar-refractivity contribution < 1.29 is 23.1 Å². The summed E-state index contributed by atoms with van der Waals surface area (Å²) in [4.78, 5) is 24.9. The fourth-order valence-corrected chi connectivity index (χ4v) is 4.28. The van der Waals surface area contributed by atoms with Crippen molar-refractivity contribution in [1.29, 1.82) is 0 Å². The van der Waals surface area contributed by atoms with E-state index < -0.39 is 28.0 Å². The predicted octanol–water partition coefficient (Wildman–Crippen LogP) is 1.62. The number of sulfone groups is 1. The van der Waals surface area contributed by atoms with Crippen LogP contribution in [-0.2, 0) is 25.8 Å². The summed E-state index contributed by atoms with van der Waals surface area (Å²) in [6.07, 6.45) is 2.07. The molecule has 124 valence electrons. The maximum atomic E-state index is 12.4. The van der Waals surface area contributed by atoms with Gasteiger partial charge in [-0.15, -0.1) is 0 Å². The van der Waals surface area contributed by atoms with Gasteiger partial charge in [-0.1, -0.05) is 0 Å². The smallest absolute Gasteiger partial charge is 0.304 e. The first-order valence-electron chi connectivity index (χ1n) is 7.70. The molecule has 2 aliphatic rings. The zero-order chi connectivity index (χ0) is 16.8. The number of benzene rings is 1. The van der Waals surface area contributed by atoms with Crippen molar-refractivity contribution in [1.82, 2.24) is 0 Å². The van der Waals surface area contributed by atoms with Crippen molar-refractivity contribution in [2.75, 3.05) is 10.7 Å². The highest BCUT2D eigenvalue weighted by molar-refractivity contribution is 7.91. The van der Waals surface area contributed by atoms with Crippen LogP contribution in [0.5, 0.6) is 0 Å². The number of anilines is 1. The van der Waals surface area contributed by atoms with E-state index >= 15 is 0 Å². The molecule has 1 aromatic rings. The van der Waals surface area contributed by atoms with Gasteiger partial charge in [0.1, 0.15) is 0 Å². The molecule has 0 spiro atoms. The van der Waals surface area contributed by atoms with E-state index in [2.05, 4.69) is 0 Å². The van der Waals surface area contributed by atoms with Gasteiger partial charge in [0.05, 0.1) is 17.1 Å². The van der Waals surface area contributed by atoms with Crippen molar-refractivity contribution in [3.8, 4) is 0 Å². The van der Waals surface area contributed by atoms with E-state index in [0.29, 0.717) is 6.42 Å². The van der Waals surface area contributed by atoms with Crippen LogP contribution in [0.25, 0.3) is 0 Å². The fourth-order valence-electron chi connectivity index (χ4n) is 3.00. The Morgan fingerprint density at radius 2 is 2.00 bits per heavy atom. The first-order valence-corrected chi connectivity index (χ1v) is 9.35. The molecule has 1 aliphatic carbocycles. The topological polar surface area (TPSA) is 91.8 Å². The van der Waals surface area contributed by atoms with E-state index in [1.54, 1.807) is 17.0 Å². The number of nitrogens with zero attached hydrogens (tertiary/aromatic N) is 1. The van der Waals surface area contributed by atoms with Gasteiger partial charge < -0.3 is 10.0 Å². The lowest BCUT2D eigenvalue weighted by Gasteiger charge is -2.22. The first kappa shape index (κ1) is 16.0. The Bertz CT molecular complexity index is 767. The number of aliphatic carboxylic acids is 1. The molecule has 23 heavy (non-hydrogen) atoms. The summed E-state index contributed by atoms with van der Waals surface area (Å²) in [7, 11) is -3.62. The van der Waals surface area contributed by atoms with Crippen LogP contribution in [0.2, 0.25) is 0 Å². The minimum absolute atomic E-state index is 0.0232. The maximum absolute atomic E-state index is 12.4. The van der Waals surface area contributed by atoms with Crippen LogP contribution in [0.4, 0.5) is 5.69 Å². The average molecular weight is 337 g/mol. The molecule has 1 N–H and O–H groups in total. The highest BCUT2D eigenvalue weighted by Gasteiger charge is 2.39. The van der Waals surface area contributed by atoms with Gasteiger partial charge >= 0.3 is 5.97 Å². The van der Waals surface area contributed by atoms with Crippen molar-refractivity contribution >= 4 is 27.4 Å². The SMILES string of the molecule is CC1Cc2cc(S(=O)(=O)CCC(=O)O)ccc2N1C(=O)C1CC1. The number of amides is 1. The molecular formula is C16H19NO5S. The Hall–Kier alpha value is -1.89. The predicted molar refractivity (Wildman–Crippen MR) is 84.1 cm³/mol. The second kappa shape index (κ2) is 5.63. The molecule has 1 unspecified atom stereocenters. The Kier molecular flexibility index (Phi) is 3.91. The molecule has 0 bridgehead atoms. The summed E-state index contributed by atoms with van der Waals surface area (Å²) in [6.45, 7) is 1.96. The number of fused-ring (bicyclic) bond motifs is 1. The molecule has 6 nitrogen and oxygen atoms in total. The van der Waals surface area contributed by atoms with Gasteiger partial charge in [0, 0.05) is 17.6 Å². The van der Waals surface area contributed by atoms with Crippen LogP contribution in [0.3, 0.4) is 0 Å². The molecule has 1 fully saturated rings. The van der Waals surface area contributed by atoms with Crippen LogP contribution >= 0.6 is 0 Å². The fraction of sp³-hybridized carbons (Fsp3) is 0.500. The number of carbonyl (C=O) groups excluding carboxylic acids is 1. The molecule has 0 aromatic heterocycles. The second-order valence-corrected chi connectivity index (χ2v) is 8.40. The van der Waals surface area contributed by atoms with Gasteiger partial charge in [0.2, 0.25) is 5.91 Å². The first-order chi connectivity index (χ1) is 10.8. The summed E-state index contributed by atoms with van der Waals surface area (Å²) in [5.74, 6) is -1.31. The van der Waals surface area contributed by atoms with E-state index in [1.165, 1.54) is 6.07 Å². The van der Waals surface area contributed by atoms with Crippen molar-refractivity contribution in [3.05, 3.63) is 23.8 Å². The maximum Gasteiger partial charge on any atom is 0.304 e. The van der Waals surface area contributed by atoms with E-state index in [1.807, 2.05) is 6.92 Å². The lowest BCUT2D eigenvalue weighted by Crippen LogP contribution is -2.36. The Labute approximate surface area is 135 Å². The zero-order valence-electron chi connectivity index (χ0n) is 12.9. The molecule has 1 heterocycles. The number of rotatable bonds is 5. The van der Waals surface area contributed by atoms with Crippen LogP contribution in [-0.4, -0.2) is 37.2 Å². The third-order valence-corrected chi connectivity index (χ3v) is 6.09. The summed E-state index contributed by atoms with van der Waals surface area (Å²) in [5.41, 5.74) is 1.62. The van der Waals surface area contributed by atoms with E-state index in [9.17, 15) is 18.0 Å². The van der Waals surface area contributed by atoms with Crippen molar-refractivity contribution in [3.63, 3.8) is 0 Å².